The smallest absolute Gasteiger partial charge is 0.317 e. The Hall–Kier alpha value is -1.10. The molecule has 1 amide bonds. The summed E-state index contributed by atoms with van der Waals surface area (Å²) < 4.78 is 0. The minimum absolute atomic E-state index is 0.0344. The van der Waals surface area contributed by atoms with E-state index >= 15 is 0 Å². The Kier molecular flexibility index (Phi) is 3.46. The van der Waals surface area contributed by atoms with Gasteiger partial charge in [0, 0.05) is 33.1 Å². The van der Waals surface area contributed by atoms with Crippen LogP contribution in [-0.4, -0.2) is 59.5 Å². The standard InChI is InChI=1S/C9H16N2O3/c1-7(12)10(2)8-3-4-11(5-8)6-9(13)14/h8H,3-6H2,1-2H3,(H,13,14)/t8-/m1/s1. The fourth-order valence-electron chi connectivity index (χ4n) is 1.72. The van der Waals surface area contributed by atoms with Crippen molar-refractivity contribution in [2.24, 2.45) is 0 Å². The van der Waals surface area contributed by atoms with E-state index in [1.807, 2.05) is 4.90 Å². The SMILES string of the molecule is CC(=O)N(C)[C@@H]1CCN(CC(=O)O)C1. The number of aliphatic carboxylic acids is 1. The van der Waals surface area contributed by atoms with Crippen molar-refractivity contribution in [1.29, 1.82) is 0 Å². The molecule has 0 aromatic carbocycles. The van der Waals surface area contributed by atoms with E-state index in [-0.39, 0.29) is 18.5 Å². The van der Waals surface area contributed by atoms with Crippen LogP contribution in [0.5, 0.6) is 0 Å². The van der Waals surface area contributed by atoms with E-state index in [1.54, 1.807) is 11.9 Å². The minimum Gasteiger partial charge on any atom is -0.480 e. The Morgan fingerprint density at radius 2 is 2.21 bits per heavy atom. The Bertz CT molecular complexity index is 242. The monoisotopic (exact) mass is 200 g/mol. The second-order valence-corrected chi connectivity index (χ2v) is 3.70. The topological polar surface area (TPSA) is 60.9 Å². The van der Waals surface area contributed by atoms with Crippen LogP contribution in [0.25, 0.3) is 0 Å². The number of carboxylic acid groups (broad SMARTS) is 1. The number of rotatable bonds is 3. The lowest BCUT2D eigenvalue weighted by Crippen LogP contribution is -2.38. The van der Waals surface area contributed by atoms with Crippen molar-refractivity contribution in [2.45, 2.75) is 19.4 Å². The van der Waals surface area contributed by atoms with Crippen LogP contribution in [0.2, 0.25) is 0 Å². The van der Waals surface area contributed by atoms with Gasteiger partial charge in [-0.3, -0.25) is 14.5 Å². The van der Waals surface area contributed by atoms with Crippen molar-refractivity contribution in [3.05, 3.63) is 0 Å². The maximum atomic E-state index is 11.1. The highest BCUT2D eigenvalue weighted by atomic mass is 16.4. The Labute approximate surface area is 83.3 Å². The van der Waals surface area contributed by atoms with Crippen molar-refractivity contribution in [1.82, 2.24) is 9.80 Å². The minimum atomic E-state index is -0.809. The van der Waals surface area contributed by atoms with Crippen LogP contribution in [0.4, 0.5) is 0 Å². The molecule has 0 aromatic heterocycles. The van der Waals surface area contributed by atoms with Crippen molar-refractivity contribution in [3.8, 4) is 0 Å². The van der Waals surface area contributed by atoms with Gasteiger partial charge in [0.1, 0.15) is 0 Å². The predicted octanol–water partition coefficient (Wildman–Crippen LogP) is -0.376. The van der Waals surface area contributed by atoms with Gasteiger partial charge in [0.05, 0.1) is 6.54 Å². The molecule has 0 aromatic rings. The molecule has 5 heteroatoms. The summed E-state index contributed by atoms with van der Waals surface area (Å²) >= 11 is 0. The van der Waals surface area contributed by atoms with E-state index in [0.717, 1.165) is 13.0 Å². The van der Waals surface area contributed by atoms with Gasteiger partial charge in [-0.25, -0.2) is 0 Å². The molecule has 0 radical (unpaired) electrons. The number of carboxylic acids is 1. The molecule has 1 fully saturated rings. The van der Waals surface area contributed by atoms with Crippen LogP contribution < -0.4 is 0 Å². The molecule has 1 saturated heterocycles. The predicted molar refractivity (Wildman–Crippen MR) is 50.9 cm³/mol. The van der Waals surface area contributed by atoms with E-state index in [0.29, 0.717) is 6.54 Å². The third-order valence-corrected chi connectivity index (χ3v) is 2.65. The number of hydrogen-bond acceptors (Lipinski definition) is 3. The summed E-state index contributed by atoms with van der Waals surface area (Å²) in [6.07, 6.45) is 0.864. The largest absolute Gasteiger partial charge is 0.480 e. The summed E-state index contributed by atoms with van der Waals surface area (Å²) in [5, 5.41) is 8.59. The highest BCUT2D eigenvalue weighted by molar-refractivity contribution is 5.73. The van der Waals surface area contributed by atoms with E-state index in [9.17, 15) is 9.59 Å². The molecule has 5 nitrogen and oxygen atoms in total. The quantitative estimate of drug-likeness (QED) is 0.675. The van der Waals surface area contributed by atoms with Gasteiger partial charge in [-0.15, -0.1) is 0 Å². The third kappa shape index (κ3) is 2.70. The third-order valence-electron chi connectivity index (χ3n) is 2.65. The number of carbonyl (C=O) groups is 2. The van der Waals surface area contributed by atoms with E-state index in [1.165, 1.54) is 6.92 Å². The maximum absolute atomic E-state index is 11.1. The van der Waals surface area contributed by atoms with Gasteiger partial charge in [0.25, 0.3) is 0 Å². The molecule has 0 spiro atoms. The van der Waals surface area contributed by atoms with E-state index in [2.05, 4.69) is 0 Å². The van der Waals surface area contributed by atoms with Crippen LogP contribution in [-0.2, 0) is 9.59 Å². The number of carbonyl (C=O) groups excluding carboxylic acids is 1. The Balaban J connectivity index is 2.41. The number of amides is 1. The summed E-state index contributed by atoms with van der Waals surface area (Å²) in [5.41, 5.74) is 0. The van der Waals surface area contributed by atoms with Gasteiger partial charge in [-0.1, -0.05) is 0 Å². The average molecular weight is 200 g/mol. The number of likely N-dealkylation sites (tertiary alicyclic amines) is 1. The van der Waals surface area contributed by atoms with Crippen molar-refractivity contribution in [3.63, 3.8) is 0 Å². The lowest BCUT2D eigenvalue weighted by atomic mass is 10.2. The van der Waals surface area contributed by atoms with Crippen LogP contribution in [0.3, 0.4) is 0 Å². The zero-order valence-electron chi connectivity index (χ0n) is 8.56. The summed E-state index contributed by atoms with van der Waals surface area (Å²) in [6, 6.07) is 0.173. The molecule has 0 bridgehead atoms. The van der Waals surface area contributed by atoms with E-state index in [4.69, 9.17) is 5.11 Å². The molecule has 1 N–H and O–H groups in total. The average Bonchev–Trinajstić information content (AvgIpc) is 2.50. The Morgan fingerprint density at radius 3 is 2.71 bits per heavy atom. The normalized spacial score (nSPS) is 22.3. The fraction of sp³-hybridized carbons (Fsp3) is 0.778. The molecule has 1 aliphatic rings. The molecule has 80 valence electrons. The van der Waals surface area contributed by atoms with Gasteiger partial charge in [-0.2, -0.15) is 0 Å². The highest BCUT2D eigenvalue weighted by Gasteiger charge is 2.27. The van der Waals surface area contributed by atoms with Gasteiger partial charge in [0.15, 0.2) is 0 Å². The van der Waals surface area contributed by atoms with Crippen molar-refractivity contribution in [2.75, 3.05) is 26.7 Å². The van der Waals surface area contributed by atoms with E-state index < -0.39 is 5.97 Å². The summed E-state index contributed by atoms with van der Waals surface area (Å²) in [6.45, 7) is 3.03. The molecule has 0 saturated carbocycles. The molecule has 1 rings (SSSR count). The van der Waals surface area contributed by atoms with Crippen LogP contribution in [0.15, 0.2) is 0 Å². The van der Waals surface area contributed by atoms with Crippen molar-refractivity contribution < 1.29 is 14.7 Å². The van der Waals surface area contributed by atoms with Gasteiger partial charge < -0.3 is 10.0 Å². The molecule has 1 heterocycles. The molecule has 14 heavy (non-hydrogen) atoms. The zero-order chi connectivity index (χ0) is 10.7. The summed E-state index contributed by atoms with van der Waals surface area (Å²) in [7, 11) is 1.76. The first kappa shape index (κ1) is 11.0. The van der Waals surface area contributed by atoms with Gasteiger partial charge in [-0.05, 0) is 6.42 Å². The number of hydrogen-bond donors (Lipinski definition) is 1. The van der Waals surface area contributed by atoms with Gasteiger partial charge in [0.2, 0.25) is 5.91 Å². The highest BCUT2D eigenvalue weighted by Crippen LogP contribution is 2.13. The Morgan fingerprint density at radius 1 is 1.57 bits per heavy atom. The lowest BCUT2D eigenvalue weighted by molar-refractivity contribution is -0.138. The molecule has 0 unspecified atom stereocenters. The molecule has 1 atom stereocenters. The molecule has 1 aliphatic heterocycles. The van der Waals surface area contributed by atoms with Crippen molar-refractivity contribution >= 4 is 11.9 Å². The first-order valence-electron chi connectivity index (χ1n) is 4.68. The fourth-order valence-corrected chi connectivity index (χ4v) is 1.72. The van der Waals surface area contributed by atoms with Crippen LogP contribution >= 0.6 is 0 Å². The second-order valence-electron chi connectivity index (χ2n) is 3.70. The van der Waals surface area contributed by atoms with Crippen LogP contribution in [0, 0.1) is 0 Å². The number of likely N-dealkylation sites (N-methyl/N-ethyl adjacent to an activating group) is 1. The van der Waals surface area contributed by atoms with Crippen LogP contribution in [0.1, 0.15) is 13.3 Å². The summed E-state index contributed by atoms with van der Waals surface area (Å²) in [5.74, 6) is -0.775. The molecular weight excluding hydrogens is 184 g/mol. The number of nitrogens with zero attached hydrogens (tertiary/aromatic N) is 2. The molecular formula is C9H16N2O3. The lowest BCUT2D eigenvalue weighted by Gasteiger charge is -2.23. The molecule has 0 aliphatic carbocycles. The van der Waals surface area contributed by atoms with Gasteiger partial charge >= 0.3 is 5.97 Å². The summed E-state index contributed by atoms with van der Waals surface area (Å²) in [4.78, 5) is 25.0. The maximum Gasteiger partial charge on any atom is 0.317 e. The first-order chi connectivity index (χ1) is 6.50. The second kappa shape index (κ2) is 4.41. The first-order valence-corrected chi connectivity index (χ1v) is 4.68. The zero-order valence-corrected chi connectivity index (χ0v) is 8.56.